The van der Waals surface area contributed by atoms with Gasteiger partial charge < -0.3 is 10.6 Å². The number of nitrogens with zero attached hydrogens (tertiary/aromatic N) is 3. The van der Waals surface area contributed by atoms with E-state index in [0.29, 0.717) is 24.9 Å². The summed E-state index contributed by atoms with van der Waals surface area (Å²) >= 11 is 6.30. The van der Waals surface area contributed by atoms with Crippen molar-refractivity contribution in [2.45, 2.75) is 31.6 Å². The van der Waals surface area contributed by atoms with Crippen molar-refractivity contribution in [3.8, 4) is 5.69 Å². The Morgan fingerprint density at radius 2 is 1.72 bits per heavy atom. The molecule has 0 fully saturated rings. The topological polar surface area (TPSA) is 127 Å². The summed E-state index contributed by atoms with van der Waals surface area (Å²) in [5.74, 6) is 0.192. The summed E-state index contributed by atoms with van der Waals surface area (Å²) in [6, 6.07) is 16.6. The number of amides is 3. The first-order valence-corrected chi connectivity index (χ1v) is 13.8. The summed E-state index contributed by atoms with van der Waals surface area (Å²) in [5, 5.41) is 0.260. The van der Waals surface area contributed by atoms with Crippen LogP contribution in [0.3, 0.4) is 0 Å². The maximum absolute atomic E-state index is 12.5. The minimum Gasteiger partial charge on any atom is -0.366 e. The number of carbonyl (C=O) groups excluding carboxylic acids is 2. The second-order valence-electron chi connectivity index (χ2n) is 8.96. The van der Waals surface area contributed by atoms with Crippen LogP contribution in [0.15, 0.2) is 65.6 Å². The Morgan fingerprint density at radius 1 is 1.08 bits per heavy atom. The molecule has 4 rings (SSSR count). The second-order valence-corrected chi connectivity index (χ2v) is 11.1. The van der Waals surface area contributed by atoms with Gasteiger partial charge in [0.25, 0.3) is 10.0 Å². The summed E-state index contributed by atoms with van der Waals surface area (Å²) in [6.45, 7) is 4.16. The number of hydrogen-bond donors (Lipinski definition) is 2. The molecule has 1 heterocycles. The van der Waals surface area contributed by atoms with Gasteiger partial charge in [-0.25, -0.2) is 22.9 Å². The number of nitrogens with one attached hydrogen (secondary N) is 1. The molecule has 0 aliphatic heterocycles. The van der Waals surface area contributed by atoms with E-state index < -0.39 is 22.0 Å². The van der Waals surface area contributed by atoms with Crippen LogP contribution in [0.1, 0.15) is 34.2 Å². The van der Waals surface area contributed by atoms with Crippen LogP contribution in [0.5, 0.6) is 0 Å². The molecule has 1 aromatic heterocycles. The van der Waals surface area contributed by atoms with Crippen LogP contribution in [0, 0.1) is 6.92 Å². The van der Waals surface area contributed by atoms with Crippen LogP contribution >= 0.6 is 11.6 Å². The number of fused-ring (bicyclic) bond motifs is 1. The molecule has 4 aromatic rings. The van der Waals surface area contributed by atoms with Gasteiger partial charge in [0.05, 0.1) is 26.5 Å². The molecular formula is C27H28ClN5NaO4S. The van der Waals surface area contributed by atoms with Crippen LogP contribution in [0.4, 0.5) is 4.79 Å². The van der Waals surface area contributed by atoms with Crippen LogP contribution in [-0.2, 0) is 22.9 Å². The maximum atomic E-state index is 12.5. The summed E-state index contributed by atoms with van der Waals surface area (Å²) in [4.78, 5) is 30.2. The molecule has 0 unspecified atom stereocenters. The van der Waals surface area contributed by atoms with Crippen molar-refractivity contribution in [1.29, 1.82) is 0 Å². The molecule has 3 amide bonds. The Hall–Kier alpha value is -2.89. The molecule has 3 N–H and O–H groups in total. The van der Waals surface area contributed by atoms with Crippen LogP contribution in [-0.4, -0.2) is 78.0 Å². The fourth-order valence-corrected chi connectivity index (χ4v) is 5.29. The summed E-state index contributed by atoms with van der Waals surface area (Å²) in [6.07, 6.45) is 1.18. The minimum atomic E-state index is -3.96. The number of primary amides is 1. The number of imidazole rings is 1. The van der Waals surface area contributed by atoms with Gasteiger partial charge in [-0.1, -0.05) is 48.4 Å². The van der Waals surface area contributed by atoms with E-state index in [0.717, 1.165) is 28.2 Å². The van der Waals surface area contributed by atoms with Crippen molar-refractivity contribution in [3.05, 3.63) is 88.2 Å². The largest absolute Gasteiger partial charge is 0.366 e. The fourth-order valence-electron chi connectivity index (χ4n) is 4.04. The Morgan fingerprint density at radius 3 is 2.31 bits per heavy atom. The molecule has 12 heteroatoms. The van der Waals surface area contributed by atoms with Crippen molar-refractivity contribution in [1.82, 2.24) is 19.2 Å². The number of likely N-dealkylation sites (N-methyl/N-ethyl adjacent to an activating group) is 1. The standard InChI is InChI=1S/C27H28ClN5O4S.Na/c1-4-25-30-23-15-21(26(29)34)22(28)16-24(23)33(25)19-9-7-18(8-10-19)13-14-32(3)27(35)31-38(36,37)20-11-5-17(2)6-12-20;/h5-12,15-16H,4,13-14H2,1-3H3,(H2,29,34)(H,31,35);. The third kappa shape index (κ3) is 6.82. The van der Waals surface area contributed by atoms with Gasteiger partial charge in [0.15, 0.2) is 0 Å². The summed E-state index contributed by atoms with van der Waals surface area (Å²) in [7, 11) is -2.41. The zero-order chi connectivity index (χ0) is 27.6. The van der Waals surface area contributed by atoms with Gasteiger partial charge in [-0.3, -0.25) is 9.36 Å². The van der Waals surface area contributed by atoms with Crippen LogP contribution in [0.25, 0.3) is 16.7 Å². The SMILES string of the molecule is CCc1nc2cc(C(N)=O)c(Cl)cc2n1-c1ccc(CCN(C)C(=O)NS(=O)(=O)c2ccc(C)cc2)cc1.[Na]. The molecule has 199 valence electrons. The fraction of sp³-hybridized carbons (Fsp3) is 0.222. The van der Waals surface area contributed by atoms with Gasteiger partial charge in [0.1, 0.15) is 5.82 Å². The molecule has 0 saturated carbocycles. The van der Waals surface area contributed by atoms with E-state index >= 15 is 0 Å². The number of benzene rings is 3. The average molecular weight is 577 g/mol. The van der Waals surface area contributed by atoms with Crippen molar-refractivity contribution >= 4 is 74.2 Å². The second kappa shape index (κ2) is 12.5. The number of carbonyl (C=O) groups is 2. The third-order valence-corrected chi connectivity index (χ3v) is 7.87. The molecule has 0 saturated heterocycles. The summed E-state index contributed by atoms with van der Waals surface area (Å²) in [5.41, 5.74) is 9.78. The molecule has 0 atom stereocenters. The first kappa shape index (κ1) is 30.6. The summed E-state index contributed by atoms with van der Waals surface area (Å²) < 4.78 is 29.1. The molecule has 9 nitrogen and oxygen atoms in total. The maximum Gasteiger partial charge on any atom is 0.331 e. The Bertz CT molecular complexity index is 1620. The smallest absolute Gasteiger partial charge is 0.331 e. The Balaban J connectivity index is 0.00000420. The number of aryl methyl sites for hydroxylation is 2. The van der Waals surface area contributed by atoms with E-state index in [1.807, 2.05) is 42.7 Å². The molecule has 3 aromatic carbocycles. The minimum absolute atomic E-state index is 0. The number of nitrogens with two attached hydrogens (primary N) is 1. The zero-order valence-electron chi connectivity index (χ0n) is 22.2. The van der Waals surface area contributed by atoms with Crippen molar-refractivity contribution in [2.75, 3.05) is 13.6 Å². The van der Waals surface area contributed by atoms with Crippen molar-refractivity contribution < 1.29 is 18.0 Å². The number of urea groups is 1. The third-order valence-electron chi connectivity index (χ3n) is 6.22. The van der Waals surface area contributed by atoms with Crippen molar-refractivity contribution in [2.24, 2.45) is 5.73 Å². The molecule has 1 radical (unpaired) electrons. The predicted molar refractivity (Wildman–Crippen MR) is 153 cm³/mol. The van der Waals surface area contributed by atoms with Gasteiger partial charge in [0, 0.05) is 55.3 Å². The number of rotatable bonds is 8. The van der Waals surface area contributed by atoms with E-state index in [1.54, 1.807) is 31.3 Å². The zero-order valence-corrected chi connectivity index (χ0v) is 25.8. The van der Waals surface area contributed by atoms with E-state index in [4.69, 9.17) is 17.3 Å². The van der Waals surface area contributed by atoms with E-state index in [2.05, 4.69) is 9.71 Å². The van der Waals surface area contributed by atoms with Crippen LogP contribution < -0.4 is 10.5 Å². The van der Waals surface area contributed by atoms with Gasteiger partial charge in [-0.15, -0.1) is 0 Å². The number of halogens is 1. The first-order chi connectivity index (χ1) is 18.0. The first-order valence-electron chi connectivity index (χ1n) is 11.9. The normalized spacial score (nSPS) is 11.2. The van der Waals surface area contributed by atoms with Gasteiger partial charge >= 0.3 is 6.03 Å². The molecule has 0 spiro atoms. The van der Waals surface area contributed by atoms with Gasteiger partial charge in [-0.05, 0) is 55.3 Å². The number of aromatic nitrogens is 2. The van der Waals surface area contributed by atoms with Crippen molar-refractivity contribution in [3.63, 3.8) is 0 Å². The van der Waals surface area contributed by atoms with E-state index in [1.165, 1.54) is 17.0 Å². The van der Waals surface area contributed by atoms with E-state index in [-0.39, 0.29) is 45.0 Å². The van der Waals surface area contributed by atoms with E-state index in [9.17, 15) is 18.0 Å². The molecule has 0 aliphatic carbocycles. The molecule has 0 bridgehead atoms. The van der Waals surface area contributed by atoms with Gasteiger partial charge in [-0.2, -0.15) is 0 Å². The Kier molecular flexibility index (Phi) is 9.84. The van der Waals surface area contributed by atoms with Gasteiger partial charge in [0.2, 0.25) is 5.91 Å². The number of hydrogen-bond acceptors (Lipinski definition) is 5. The molecular weight excluding hydrogens is 549 g/mol. The van der Waals surface area contributed by atoms with Crippen LogP contribution in [0.2, 0.25) is 5.02 Å². The molecule has 39 heavy (non-hydrogen) atoms. The average Bonchev–Trinajstić information content (AvgIpc) is 3.24. The Labute approximate surface area is 254 Å². The molecule has 0 aliphatic rings. The predicted octanol–water partition coefficient (Wildman–Crippen LogP) is 3.84. The quantitative estimate of drug-likeness (QED) is 0.308. The monoisotopic (exact) mass is 576 g/mol. The number of sulfonamides is 1.